The summed E-state index contributed by atoms with van der Waals surface area (Å²) in [5.74, 6) is 0.297. The Labute approximate surface area is 120 Å². The molecule has 0 unspecified atom stereocenters. The average Bonchev–Trinajstić information content (AvgIpc) is 2.70. The Kier molecular flexibility index (Phi) is 4.20. The molecular weight excluding hydrogens is 313 g/mol. The van der Waals surface area contributed by atoms with Crippen molar-refractivity contribution in [2.45, 2.75) is 19.1 Å². The van der Waals surface area contributed by atoms with Gasteiger partial charge in [-0.3, -0.25) is 9.69 Å². The van der Waals surface area contributed by atoms with Gasteiger partial charge < -0.3 is 0 Å². The minimum atomic E-state index is -2.95. The number of halogens is 2. The maximum atomic E-state index is 11.8. The zero-order chi connectivity index (χ0) is 14.2. The van der Waals surface area contributed by atoms with Crippen molar-refractivity contribution >= 4 is 33.0 Å². The van der Waals surface area contributed by atoms with Crippen LogP contribution in [0.25, 0.3) is 0 Å². The van der Waals surface area contributed by atoms with E-state index in [1.807, 2.05) is 0 Å². The van der Waals surface area contributed by atoms with Gasteiger partial charge in [0, 0.05) is 6.04 Å². The van der Waals surface area contributed by atoms with Gasteiger partial charge in [0.05, 0.1) is 29.4 Å². The highest BCUT2D eigenvalue weighted by molar-refractivity contribution is 7.91. The predicted octanol–water partition coefficient (Wildman–Crippen LogP) is 0.626. The summed E-state index contributed by atoms with van der Waals surface area (Å²) >= 11 is 11.4. The molecule has 2 rings (SSSR count). The molecule has 0 saturated carbocycles. The number of aromatic nitrogens is 2. The van der Waals surface area contributed by atoms with Crippen molar-refractivity contribution in [3.63, 3.8) is 0 Å². The standard InChI is InChI=1S/C10H13Cl2N3O3S/c1-14(7-2-3-19(17,18)5-7)6-15-10(16)9(12)8(11)4-13-15/h4,7H,2-3,5-6H2,1H3/t7-/m1/s1. The van der Waals surface area contributed by atoms with E-state index in [2.05, 4.69) is 5.10 Å². The molecule has 1 aromatic rings. The van der Waals surface area contributed by atoms with E-state index in [4.69, 9.17) is 23.2 Å². The SMILES string of the molecule is CN(Cn1ncc(Cl)c(Cl)c1=O)[C@@H]1CCS(=O)(=O)C1. The third kappa shape index (κ3) is 3.28. The molecule has 1 saturated heterocycles. The van der Waals surface area contributed by atoms with Crippen molar-refractivity contribution in [2.24, 2.45) is 0 Å². The van der Waals surface area contributed by atoms with Crippen LogP contribution in [0.15, 0.2) is 11.0 Å². The summed E-state index contributed by atoms with van der Waals surface area (Å²) in [6.45, 7) is 0.176. The molecule has 2 heterocycles. The number of hydrogen-bond donors (Lipinski definition) is 0. The molecule has 106 valence electrons. The summed E-state index contributed by atoms with van der Waals surface area (Å²) in [5, 5.41) is 3.91. The molecule has 6 nitrogen and oxygen atoms in total. The summed E-state index contributed by atoms with van der Waals surface area (Å²) < 4.78 is 24.0. The smallest absolute Gasteiger partial charge is 0.283 e. The Hall–Kier alpha value is -0.630. The number of sulfone groups is 1. The van der Waals surface area contributed by atoms with Crippen LogP contribution in [0.2, 0.25) is 10.0 Å². The summed E-state index contributed by atoms with van der Waals surface area (Å²) in [5.41, 5.74) is -0.484. The Morgan fingerprint density at radius 1 is 1.53 bits per heavy atom. The fourth-order valence-corrected chi connectivity index (χ4v) is 4.07. The normalized spacial score (nSPS) is 22.0. The average molecular weight is 326 g/mol. The molecule has 1 aliphatic rings. The quantitative estimate of drug-likeness (QED) is 0.814. The van der Waals surface area contributed by atoms with Crippen molar-refractivity contribution < 1.29 is 8.42 Å². The second-order valence-corrected chi connectivity index (χ2v) is 7.58. The zero-order valence-corrected chi connectivity index (χ0v) is 12.5. The summed E-state index contributed by atoms with van der Waals surface area (Å²) in [6, 6.07) is -0.104. The van der Waals surface area contributed by atoms with Crippen LogP contribution >= 0.6 is 23.2 Å². The Morgan fingerprint density at radius 3 is 2.79 bits per heavy atom. The first-order valence-electron chi connectivity index (χ1n) is 5.62. The Bertz CT molecular complexity index is 644. The summed E-state index contributed by atoms with van der Waals surface area (Å²) in [6.07, 6.45) is 1.86. The molecule has 0 N–H and O–H groups in total. The maximum Gasteiger partial charge on any atom is 0.288 e. The van der Waals surface area contributed by atoms with Gasteiger partial charge in [-0.15, -0.1) is 0 Å². The summed E-state index contributed by atoms with van der Waals surface area (Å²) in [4.78, 5) is 13.6. The number of nitrogens with zero attached hydrogens (tertiary/aromatic N) is 3. The molecule has 0 radical (unpaired) electrons. The minimum absolute atomic E-state index is 0.0795. The molecule has 0 spiro atoms. The van der Waals surface area contributed by atoms with E-state index < -0.39 is 15.4 Å². The van der Waals surface area contributed by atoms with E-state index in [1.165, 1.54) is 10.9 Å². The second kappa shape index (κ2) is 5.40. The van der Waals surface area contributed by atoms with Gasteiger partial charge in [-0.2, -0.15) is 5.10 Å². The van der Waals surface area contributed by atoms with Gasteiger partial charge in [0.15, 0.2) is 9.84 Å². The summed E-state index contributed by atoms with van der Waals surface area (Å²) in [7, 11) is -1.20. The zero-order valence-electron chi connectivity index (χ0n) is 10.2. The fraction of sp³-hybridized carbons (Fsp3) is 0.600. The lowest BCUT2D eigenvalue weighted by atomic mass is 10.2. The molecule has 1 atom stereocenters. The lowest BCUT2D eigenvalue weighted by Crippen LogP contribution is -2.38. The van der Waals surface area contributed by atoms with Crippen LogP contribution in [0.5, 0.6) is 0 Å². The van der Waals surface area contributed by atoms with Crippen molar-refractivity contribution in [2.75, 3.05) is 18.6 Å². The van der Waals surface area contributed by atoms with Crippen LogP contribution in [0.4, 0.5) is 0 Å². The number of rotatable bonds is 3. The topological polar surface area (TPSA) is 72.3 Å². The fourth-order valence-electron chi connectivity index (χ4n) is 2.00. The van der Waals surface area contributed by atoms with Gasteiger partial charge in [0.1, 0.15) is 5.02 Å². The Morgan fingerprint density at radius 2 is 2.21 bits per heavy atom. The molecule has 0 bridgehead atoms. The molecule has 0 aliphatic carbocycles. The maximum absolute atomic E-state index is 11.8. The molecule has 1 aliphatic heterocycles. The Balaban J connectivity index is 2.14. The highest BCUT2D eigenvalue weighted by Gasteiger charge is 2.30. The van der Waals surface area contributed by atoms with Crippen molar-refractivity contribution in [3.05, 3.63) is 26.6 Å². The van der Waals surface area contributed by atoms with Crippen molar-refractivity contribution in [1.82, 2.24) is 14.7 Å². The molecule has 9 heteroatoms. The molecule has 1 aromatic heterocycles. The number of hydrogen-bond acceptors (Lipinski definition) is 5. The van der Waals surface area contributed by atoms with Crippen LogP contribution in [0.3, 0.4) is 0 Å². The third-order valence-electron chi connectivity index (χ3n) is 3.13. The van der Waals surface area contributed by atoms with E-state index in [1.54, 1.807) is 11.9 Å². The minimum Gasteiger partial charge on any atom is -0.283 e. The third-order valence-corrected chi connectivity index (χ3v) is 5.63. The van der Waals surface area contributed by atoms with Crippen LogP contribution < -0.4 is 5.56 Å². The lowest BCUT2D eigenvalue weighted by Gasteiger charge is -2.23. The predicted molar refractivity (Wildman–Crippen MR) is 73.3 cm³/mol. The van der Waals surface area contributed by atoms with Crippen LogP contribution in [-0.4, -0.2) is 47.7 Å². The van der Waals surface area contributed by atoms with Gasteiger partial charge in [-0.25, -0.2) is 13.1 Å². The van der Waals surface area contributed by atoms with Crippen molar-refractivity contribution in [1.29, 1.82) is 0 Å². The van der Waals surface area contributed by atoms with Gasteiger partial charge in [-0.05, 0) is 13.5 Å². The van der Waals surface area contributed by atoms with E-state index in [-0.39, 0.29) is 34.3 Å². The van der Waals surface area contributed by atoms with Gasteiger partial charge >= 0.3 is 0 Å². The molecule has 0 amide bonds. The monoisotopic (exact) mass is 325 g/mol. The highest BCUT2D eigenvalue weighted by Crippen LogP contribution is 2.17. The van der Waals surface area contributed by atoms with E-state index in [9.17, 15) is 13.2 Å². The van der Waals surface area contributed by atoms with Crippen molar-refractivity contribution in [3.8, 4) is 0 Å². The lowest BCUT2D eigenvalue weighted by molar-refractivity contribution is 0.193. The molecule has 1 fully saturated rings. The molecule has 19 heavy (non-hydrogen) atoms. The largest absolute Gasteiger partial charge is 0.288 e. The van der Waals surface area contributed by atoms with Gasteiger partial charge in [-0.1, -0.05) is 23.2 Å². The first-order chi connectivity index (χ1) is 8.80. The first kappa shape index (κ1) is 14.8. The second-order valence-electron chi connectivity index (χ2n) is 4.57. The first-order valence-corrected chi connectivity index (χ1v) is 8.19. The van der Waals surface area contributed by atoms with E-state index >= 15 is 0 Å². The van der Waals surface area contributed by atoms with Crippen LogP contribution in [-0.2, 0) is 16.5 Å². The van der Waals surface area contributed by atoms with Crippen LogP contribution in [0.1, 0.15) is 6.42 Å². The van der Waals surface area contributed by atoms with Crippen LogP contribution in [0, 0.1) is 0 Å². The molecular formula is C10H13Cl2N3O3S. The van der Waals surface area contributed by atoms with Gasteiger partial charge in [0.25, 0.3) is 5.56 Å². The van der Waals surface area contributed by atoms with E-state index in [0.29, 0.717) is 6.42 Å². The highest BCUT2D eigenvalue weighted by atomic mass is 35.5. The molecule has 0 aromatic carbocycles. The van der Waals surface area contributed by atoms with Gasteiger partial charge in [0.2, 0.25) is 0 Å². The van der Waals surface area contributed by atoms with E-state index in [0.717, 1.165) is 0 Å².